The van der Waals surface area contributed by atoms with Gasteiger partial charge in [0.25, 0.3) is 0 Å². The Morgan fingerprint density at radius 2 is 2.05 bits per heavy atom. The molecule has 1 aromatic carbocycles. The predicted molar refractivity (Wildman–Crippen MR) is 72.3 cm³/mol. The van der Waals surface area contributed by atoms with Gasteiger partial charge in [-0.25, -0.2) is 9.59 Å². The van der Waals surface area contributed by atoms with Crippen LogP contribution < -0.4 is 9.47 Å². The van der Waals surface area contributed by atoms with E-state index in [4.69, 9.17) is 0 Å². The quantitative estimate of drug-likeness (QED) is 0.620. The minimum atomic E-state index is -0.107. The van der Waals surface area contributed by atoms with Crippen LogP contribution in [-0.2, 0) is 4.79 Å². The van der Waals surface area contributed by atoms with E-state index in [2.05, 4.69) is 0 Å². The van der Waals surface area contributed by atoms with Gasteiger partial charge in [0.15, 0.2) is 11.9 Å². The van der Waals surface area contributed by atoms with E-state index in [-0.39, 0.29) is 18.2 Å². The van der Waals surface area contributed by atoms with E-state index in [1.807, 2.05) is 29.2 Å². The minimum absolute atomic E-state index is 0.00882. The lowest BCUT2D eigenvalue weighted by Gasteiger charge is -2.17. The third-order valence-corrected chi connectivity index (χ3v) is 4.87. The normalized spacial score (nSPS) is 19.1. The summed E-state index contributed by atoms with van der Waals surface area (Å²) in [4.78, 5) is 26.1. The summed E-state index contributed by atoms with van der Waals surface area (Å²) in [5.74, 6) is 0.462. The molecule has 4 nitrogen and oxygen atoms in total. The summed E-state index contributed by atoms with van der Waals surface area (Å²) in [5.41, 5.74) is 0.917. The molecule has 1 saturated carbocycles. The van der Waals surface area contributed by atoms with Crippen LogP contribution in [-0.4, -0.2) is 18.4 Å². The number of para-hydroxylation sites is 1. The van der Waals surface area contributed by atoms with Gasteiger partial charge >= 0.3 is 16.9 Å². The maximum atomic E-state index is 12.1. The molecule has 1 aliphatic heterocycles. The van der Waals surface area contributed by atoms with Gasteiger partial charge in [-0.1, -0.05) is 12.1 Å². The molecular formula is C14H13N2O2S+. The van der Waals surface area contributed by atoms with Crippen molar-refractivity contribution in [3.8, 4) is 0 Å². The highest BCUT2D eigenvalue weighted by atomic mass is 32.1. The Hall–Kier alpha value is -1.75. The van der Waals surface area contributed by atoms with E-state index in [9.17, 15) is 9.59 Å². The lowest BCUT2D eigenvalue weighted by atomic mass is 10.2. The zero-order valence-corrected chi connectivity index (χ0v) is 11.2. The molecular weight excluding hydrogens is 260 g/mol. The van der Waals surface area contributed by atoms with Crippen molar-refractivity contribution < 1.29 is 14.2 Å². The molecule has 0 unspecified atom stereocenters. The third kappa shape index (κ3) is 1.69. The number of hydrogen-bond acceptors (Lipinski definition) is 3. The summed E-state index contributed by atoms with van der Waals surface area (Å²) in [6.07, 6.45) is 2.39. The molecule has 0 N–H and O–H groups in total. The Morgan fingerprint density at radius 3 is 2.84 bits per heavy atom. The standard InChI is InChI=1S/C14H13N2O2S/c17-12-7-13(18)16-10-3-1-2-4-11(10)19-14(16)15(12)8-9-5-6-9/h1-4,9H,5-8H2/q+1. The first-order valence-corrected chi connectivity index (χ1v) is 7.33. The Bertz CT molecular complexity index is 703. The fourth-order valence-corrected chi connectivity index (χ4v) is 3.73. The average Bonchev–Trinajstić information content (AvgIpc) is 3.12. The number of rotatable bonds is 2. The topological polar surface area (TPSA) is 41.3 Å². The van der Waals surface area contributed by atoms with E-state index in [0.29, 0.717) is 5.92 Å². The molecule has 5 heteroatoms. The highest BCUT2D eigenvalue weighted by Gasteiger charge is 2.43. The Labute approximate surface area is 114 Å². The van der Waals surface area contributed by atoms with E-state index < -0.39 is 0 Å². The van der Waals surface area contributed by atoms with Crippen LogP contribution in [0, 0.1) is 5.92 Å². The molecule has 2 aliphatic rings. The van der Waals surface area contributed by atoms with Gasteiger partial charge in [-0.05, 0) is 42.2 Å². The molecule has 2 aromatic rings. The van der Waals surface area contributed by atoms with Crippen molar-refractivity contribution in [1.29, 1.82) is 0 Å². The number of amides is 1. The van der Waals surface area contributed by atoms with Crippen LogP contribution in [0.25, 0.3) is 10.2 Å². The van der Waals surface area contributed by atoms with Crippen molar-refractivity contribution in [3.05, 3.63) is 24.3 Å². The molecule has 1 aromatic heterocycles. The summed E-state index contributed by atoms with van der Waals surface area (Å²) in [6.45, 7) is 0.763. The first-order chi connectivity index (χ1) is 9.24. The first kappa shape index (κ1) is 11.1. The molecule has 0 spiro atoms. The molecule has 0 atom stereocenters. The number of benzene rings is 1. The van der Waals surface area contributed by atoms with E-state index in [1.165, 1.54) is 24.2 Å². The lowest BCUT2D eigenvalue weighted by Crippen LogP contribution is -2.55. The minimum Gasteiger partial charge on any atom is -0.246 e. The molecule has 1 fully saturated rings. The molecule has 2 heterocycles. The first-order valence-electron chi connectivity index (χ1n) is 6.51. The van der Waals surface area contributed by atoms with Crippen molar-refractivity contribution in [2.75, 3.05) is 11.4 Å². The number of fused-ring (bicyclic) bond motifs is 3. The Morgan fingerprint density at radius 1 is 1.26 bits per heavy atom. The fourth-order valence-electron chi connectivity index (χ4n) is 2.54. The van der Waals surface area contributed by atoms with Crippen molar-refractivity contribution in [2.45, 2.75) is 19.3 Å². The second kappa shape index (κ2) is 3.87. The van der Waals surface area contributed by atoms with Gasteiger partial charge in [0.05, 0.1) is 11.2 Å². The van der Waals surface area contributed by atoms with Crippen LogP contribution in [0.2, 0.25) is 0 Å². The van der Waals surface area contributed by atoms with Gasteiger partial charge in [-0.15, -0.1) is 0 Å². The fraction of sp³-hybridized carbons (Fsp3) is 0.357. The van der Waals surface area contributed by atoms with E-state index in [0.717, 1.165) is 21.9 Å². The molecule has 1 aliphatic carbocycles. The van der Waals surface area contributed by atoms with Crippen LogP contribution in [0.15, 0.2) is 24.3 Å². The highest BCUT2D eigenvalue weighted by Crippen LogP contribution is 2.35. The van der Waals surface area contributed by atoms with E-state index in [1.54, 1.807) is 4.57 Å². The lowest BCUT2D eigenvalue weighted by molar-refractivity contribution is -0.529. The van der Waals surface area contributed by atoms with Gasteiger partial charge in [0, 0.05) is 0 Å². The number of anilines is 1. The summed E-state index contributed by atoms with van der Waals surface area (Å²) in [6, 6.07) is 7.83. The number of thiazole rings is 1. The zero-order valence-electron chi connectivity index (χ0n) is 10.3. The largest absolute Gasteiger partial charge is 0.352 e. The molecule has 0 bridgehead atoms. The molecule has 96 valence electrons. The molecule has 19 heavy (non-hydrogen) atoms. The summed E-state index contributed by atoms with van der Waals surface area (Å²) in [7, 11) is 0. The molecule has 0 radical (unpaired) electrons. The van der Waals surface area contributed by atoms with Crippen LogP contribution in [0.1, 0.15) is 24.1 Å². The highest BCUT2D eigenvalue weighted by molar-refractivity contribution is 7.21. The van der Waals surface area contributed by atoms with Gasteiger partial charge in [-0.3, -0.25) is 0 Å². The molecule has 1 amide bonds. The van der Waals surface area contributed by atoms with Crippen molar-refractivity contribution in [1.82, 2.24) is 0 Å². The number of aromatic nitrogens is 1. The van der Waals surface area contributed by atoms with Gasteiger partial charge in [-0.2, -0.15) is 9.47 Å². The third-order valence-electron chi connectivity index (χ3n) is 3.72. The number of carbonyl (C=O) groups excluding carboxylic acids is 2. The van der Waals surface area contributed by atoms with Gasteiger partial charge < -0.3 is 0 Å². The summed E-state index contributed by atoms with van der Waals surface area (Å²) < 4.78 is 2.77. The zero-order chi connectivity index (χ0) is 13.0. The smallest absolute Gasteiger partial charge is 0.246 e. The SMILES string of the molecule is O=C1CC(=O)[n+]2c(sc3ccccc32)N1CC1CC1. The Kier molecular flexibility index (Phi) is 2.26. The molecule has 4 rings (SSSR count). The predicted octanol–water partition coefficient (Wildman–Crippen LogP) is 1.98. The number of hydrogen-bond donors (Lipinski definition) is 0. The van der Waals surface area contributed by atoms with Gasteiger partial charge in [0.2, 0.25) is 0 Å². The van der Waals surface area contributed by atoms with Crippen LogP contribution in [0.4, 0.5) is 5.13 Å². The maximum Gasteiger partial charge on any atom is 0.352 e. The average molecular weight is 273 g/mol. The van der Waals surface area contributed by atoms with Crippen LogP contribution >= 0.6 is 11.3 Å². The monoisotopic (exact) mass is 273 g/mol. The summed E-state index contributed by atoms with van der Waals surface area (Å²) >= 11 is 1.53. The van der Waals surface area contributed by atoms with Crippen molar-refractivity contribution in [3.63, 3.8) is 0 Å². The Balaban J connectivity index is 1.91. The van der Waals surface area contributed by atoms with Crippen molar-refractivity contribution in [2.24, 2.45) is 5.92 Å². The second-order valence-electron chi connectivity index (χ2n) is 5.21. The van der Waals surface area contributed by atoms with Crippen molar-refractivity contribution >= 4 is 38.5 Å². The second-order valence-corrected chi connectivity index (χ2v) is 6.22. The summed E-state index contributed by atoms with van der Waals surface area (Å²) in [5, 5.41) is 0.786. The molecule has 0 saturated heterocycles. The maximum absolute atomic E-state index is 12.1. The van der Waals surface area contributed by atoms with Crippen LogP contribution in [0.5, 0.6) is 0 Å². The number of carbonyl (C=O) groups is 2. The number of nitrogens with zero attached hydrogens (tertiary/aromatic N) is 2. The van der Waals surface area contributed by atoms with Gasteiger partial charge in [0.1, 0.15) is 0 Å². The van der Waals surface area contributed by atoms with E-state index >= 15 is 0 Å². The van der Waals surface area contributed by atoms with Crippen LogP contribution in [0.3, 0.4) is 0 Å².